The van der Waals surface area contributed by atoms with Gasteiger partial charge in [0.05, 0.1) is 13.2 Å². The van der Waals surface area contributed by atoms with E-state index < -0.39 is 64.4 Å². The van der Waals surface area contributed by atoms with E-state index in [2.05, 4.69) is 15.6 Å². The molecule has 366 valence electrons. The molecule has 2 aromatic rings. The molecule has 4 N–H and O–H groups in total. The number of carbonyl (C=O) groups excluding carboxylic acids is 5. The molecular formula is C47H71N7O12. The Morgan fingerprint density at radius 3 is 1.30 bits per heavy atom. The molecule has 0 saturated carbocycles. The lowest BCUT2D eigenvalue weighted by atomic mass is 10.1. The number of aliphatic imine (C=N–C) groups is 1. The summed E-state index contributed by atoms with van der Waals surface area (Å²) in [6.45, 7) is 25.4. The molecule has 0 spiro atoms. The predicted molar refractivity (Wildman–Crippen MR) is 249 cm³/mol. The minimum absolute atomic E-state index is 0.0502. The summed E-state index contributed by atoms with van der Waals surface area (Å²) in [5.74, 6) is -0.263. The van der Waals surface area contributed by atoms with Crippen LogP contribution < -0.4 is 15.4 Å². The summed E-state index contributed by atoms with van der Waals surface area (Å²) >= 11 is 0. The first-order chi connectivity index (χ1) is 30.2. The van der Waals surface area contributed by atoms with Gasteiger partial charge in [0.2, 0.25) is 5.96 Å². The molecule has 0 aliphatic heterocycles. The van der Waals surface area contributed by atoms with Gasteiger partial charge < -0.3 is 33.2 Å². The fourth-order valence-electron chi connectivity index (χ4n) is 5.18. The monoisotopic (exact) mass is 926 g/mol. The molecule has 0 radical (unpaired) electrons. The molecule has 0 aliphatic rings. The summed E-state index contributed by atoms with van der Waals surface area (Å²) in [6.07, 6.45) is -4.03. The van der Waals surface area contributed by atoms with Crippen LogP contribution in [0.3, 0.4) is 0 Å². The van der Waals surface area contributed by atoms with Crippen molar-refractivity contribution in [2.45, 2.75) is 151 Å². The van der Waals surface area contributed by atoms with Gasteiger partial charge in [-0.2, -0.15) is 0 Å². The van der Waals surface area contributed by atoms with E-state index in [1.165, 1.54) is 0 Å². The van der Waals surface area contributed by atoms with Crippen LogP contribution in [0.25, 0.3) is 0 Å². The number of nitrogens with zero attached hydrogens (tertiary/aromatic N) is 3. The van der Waals surface area contributed by atoms with E-state index in [0.29, 0.717) is 16.9 Å². The smallest absolute Gasteiger partial charge is 0.437 e. The summed E-state index contributed by atoms with van der Waals surface area (Å²) in [6, 6.07) is 13.2. The molecule has 0 heterocycles. The Bertz CT molecular complexity index is 2020. The Morgan fingerprint density at radius 2 is 0.909 bits per heavy atom. The number of carbonyl (C=O) groups is 5. The summed E-state index contributed by atoms with van der Waals surface area (Å²) in [5.41, 5.74) is -2.78. The number of amides is 5. The number of ether oxygens (including phenoxy) is 7. The van der Waals surface area contributed by atoms with Gasteiger partial charge in [-0.1, -0.05) is 24.3 Å². The maximum absolute atomic E-state index is 14.0. The summed E-state index contributed by atoms with van der Waals surface area (Å²) in [4.78, 5) is 72.1. The van der Waals surface area contributed by atoms with Crippen LogP contribution in [-0.4, -0.2) is 112 Å². The highest BCUT2D eigenvalue weighted by Gasteiger charge is 2.35. The van der Waals surface area contributed by atoms with Gasteiger partial charge in [-0.3, -0.25) is 21.5 Å². The van der Waals surface area contributed by atoms with Gasteiger partial charge in [-0.25, -0.2) is 33.8 Å². The zero-order chi connectivity index (χ0) is 50.3. The number of alkyl carbamates (subject to hydrolysis) is 2. The molecule has 5 amide bonds. The van der Waals surface area contributed by atoms with Gasteiger partial charge in [0, 0.05) is 30.8 Å². The second-order valence-electron chi connectivity index (χ2n) is 20.0. The lowest BCUT2D eigenvalue weighted by Gasteiger charge is -2.34. The van der Waals surface area contributed by atoms with E-state index in [4.69, 9.17) is 44.0 Å². The van der Waals surface area contributed by atoms with Crippen molar-refractivity contribution in [3.8, 4) is 5.75 Å². The summed E-state index contributed by atoms with van der Waals surface area (Å²) in [7, 11) is 0. The molecule has 0 fully saturated rings. The van der Waals surface area contributed by atoms with Crippen molar-refractivity contribution in [2.75, 3.05) is 26.3 Å². The minimum atomic E-state index is -1.07. The second-order valence-corrected chi connectivity index (χ2v) is 20.0. The predicted octanol–water partition coefficient (Wildman–Crippen LogP) is 9.53. The maximum atomic E-state index is 14.0. The third-order valence-corrected chi connectivity index (χ3v) is 7.67. The fraction of sp³-hybridized carbons (Fsp3) is 0.574. The highest BCUT2D eigenvalue weighted by atomic mass is 16.6. The van der Waals surface area contributed by atoms with Gasteiger partial charge in [0.25, 0.3) is 0 Å². The second kappa shape index (κ2) is 23.8. The first kappa shape index (κ1) is 55.9. The van der Waals surface area contributed by atoms with Crippen LogP contribution in [0.2, 0.25) is 0 Å². The Hall–Kier alpha value is -6.24. The Kier molecular flexibility index (Phi) is 20.2. The van der Waals surface area contributed by atoms with Crippen molar-refractivity contribution < 1.29 is 57.1 Å². The third-order valence-electron chi connectivity index (χ3n) is 7.67. The Labute approximate surface area is 389 Å². The highest BCUT2D eigenvalue weighted by molar-refractivity contribution is 6.06. The quantitative estimate of drug-likeness (QED) is 0.0636. The van der Waals surface area contributed by atoms with Crippen LogP contribution >= 0.6 is 0 Å². The molecule has 19 nitrogen and oxygen atoms in total. The van der Waals surface area contributed by atoms with Crippen molar-refractivity contribution in [3.63, 3.8) is 0 Å². The van der Waals surface area contributed by atoms with Gasteiger partial charge >= 0.3 is 30.5 Å². The van der Waals surface area contributed by atoms with Crippen molar-refractivity contribution in [1.29, 1.82) is 10.8 Å². The van der Waals surface area contributed by atoms with E-state index in [1.807, 2.05) is 0 Å². The number of nitrogens with one attached hydrogen (secondary N) is 4. The number of hydrogen-bond donors (Lipinski definition) is 4. The van der Waals surface area contributed by atoms with Gasteiger partial charge in [0.15, 0.2) is 0 Å². The first-order valence-corrected chi connectivity index (χ1v) is 21.6. The van der Waals surface area contributed by atoms with Crippen molar-refractivity contribution in [2.24, 2.45) is 4.99 Å². The van der Waals surface area contributed by atoms with Gasteiger partial charge in [-0.05, 0) is 147 Å². The molecule has 0 atom stereocenters. The van der Waals surface area contributed by atoms with Gasteiger partial charge in [0.1, 0.15) is 45.4 Å². The molecule has 2 aromatic carbocycles. The van der Waals surface area contributed by atoms with Crippen LogP contribution in [0, 0.1) is 10.8 Å². The lowest BCUT2D eigenvalue weighted by Crippen LogP contribution is -2.53. The lowest BCUT2D eigenvalue weighted by molar-refractivity contribution is 0.0257. The van der Waals surface area contributed by atoms with Crippen LogP contribution in [0.5, 0.6) is 5.75 Å². The van der Waals surface area contributed by atoms with E-state index in [9.17, 15) is 24.0 Å². The molecule has 2 rings (SSSR count). The molecular weight excluding hydrogens is 855 g/mol. The standard InChI is InChI=1S/C47H71N7O12/c1-43(2,3)62-38(55)50-35(48)32-20-18-31(19-21-32)30-60-28-16-26-53(41(58)65-46(10,11)12)37(52-40(57)64-45(7,8)9)54(42(59)66-47(13,14)15)27-17-29-61-34-24-22-33(23-25-34)36(49)51-39(56)63-44(4,5)6/h18-25H,16-17,26-30H2,1-15H3,(H2,48,50,55)(H2,49,51,56). The van der Waals surface area contributed by atoms with Crippen LogP contribution in [-0.2, 0) is 35.0 Å². The average molecular weight is 926 g/mol. The maximum Gasteiger partial charge on any atom is 0.437 e. The number of guanidine groups is 1. The molecule has 66 heavy (non-hydrogen) atoms. The molecule has 0 aromatic heterocycles. The molecule has 0 saturated heterocycles. The van der Waals surface area contributed by atoms with E-state index in [0.717, 1.165) is 15.4 Å². The fourth-order valence-corrected chi connectivity index (χ4v) is 5.18. The van der Waals surface area contributed by atoms with Crippen LogP contribution in [0.1, 0.15) is 133 Å². The van der Waals surface area contributed by atoms with Crippen molar-refractivity contribution >= 4 is 48.1 Å². The van der Waals surface area contributed by atoms with Crippen LogP contribution in [0.4, 0.5) is 24.0 Å². The minimum Gasteiger partial charge on any atom is -0.494 e. The van der Waals surface area contributed by atoms with E-state index >= 15 is 0 Å². The molecule has 0 unspecified atom stereocenters. The number of hydrogen-bond acceptors (Lipinski definition) is 14. The third kappa shape index (κ3) is 23.1. The number of rotatable bonds is 13. The van der Waals surface area contributed by atoms with E-state index in [1.54, 1.807) is 152 Å². The number of benzene rings is 2. The molecule has 0 bridgehead atoms. The van der Waals surface area contributed by atoms with E-state index in [-0.39, 0.29) is 57.4 Å². The van der Waals surface area contributed by atoms with Crippen LogP contribution in [0.15, 0.2) is 53.5 Å². The largest absolute Gasteiger partial charge is 0.494 e. The first-order valence-electron chi connectivity index (χ1n) is 21.6. The zero-order valence-corrected chi connectivity index (χ0v) is 41.3. The van der Waals surface area contributed by atoms with Gasteiger partial charge in [-0.15, -0.1) is 4.99 Å². The topological polar surface area (TPSA) is 241 Å². The summed E-state index contributed by atoms with van der Waals surface area (Å²) < 4.78 is 39.4. The SMILES string of the molecule is CC(C)(C)OC(=O)N=C(N(CCCOCc1ccc(C(=N)NC(=O)OC(C)(C)C)cc1)C(=O)OC(C)(C)C)N(CCCOc1ccc(C(=N)NC(=O)OC(C)(C)C)cc1)C(=O)OC(C)(C)C. The Morgan fingerprint density at radius 1 is 0.530 bits per heavy atom. The summed E-state index contributed by atoms with van der Waals surface area (Å²) in [5, 5.41) is 21.3. The molecule has 19 heteroatoms. The normalized spacial score (nSPS) is 12.3. The number of amidine groups is 2. The Balaban J connectivity index is 2.34. The van der Waals surface area contributed by atoms with Crippen molar-refractivity contribution in [3.05, 3.63) is 65.2 Å². The molecule has 0 aliphatic carbocycles. The average Bonchev–Trinajstić information content (AvgIpc) is 3.12. The zero-order valence-electron chi connectivity index (χ0n) is 41.3. The highest BCUT2D eigenvalue weighted by Crippen LogP contribution is 2.19. The van der Waals surface area contributed by atoms with Crippen molar-refractivity contribution in [1.82, 2.24) is 20.4 Å².